The van der Waals surface area contributed by atoms with E-state index in [1.54, 1.807) is 0 Å². The first-order valence-corrected chi connectivity index (χ1v) is 18.7. The molecule has 1 saturated heterocycles. The molecule has 4 aromatic rings. The predicted molar refractivity (Wildman–Crippen MR) is 194 cm³/mol. The Morgan fingerprint density at radius 2 is 1.10 bits per heavy atom. The molecule has 3 aliphatic rings. The Labute approximate surface area is 298 Å². The summed E-state index contributed by atoms with van der Waals surface area (Å²) in [5.74, 6) is 0.522. The van der Waals surface area contributed by atoms with Gasteiger partial charge < -0.3 is 28.4 Å². The summed E-state index contributed by atoms with van der Waals surface area (Å²) < 4.78 is 40.9. The average molecular weight is 677 g/mol. The van der Waals surface area contributed by atoms with E-state index < -0.39 is 30.7 Å². The van der Waals surface area contributed by atoms with Crippen LogP contribution in [0, 0.1) is 5.92 Å². The van der Waals surface area contributed by atoms with Crippen LogP contribution in [0.1, 0.15) is 71.9 Å². The first-order chi connectivity index (χ1) is 24.8. The lowest BCUT2D eigenvalue weighted by Gasteiger charge is -2.46. The Kier molecular flexibility index (Phi) is 12.8. The summed E-state index contributed by atoms with van der Waals surface area (Å²) >= 11 is 0. The molecule has 1 saturated carbocycles. The van der Waals surface area contributed by atoms with Gasteiger partial charge in [0.25, 0.3) is 0 Å². The molecular weight excluding hydrogens is 624 g/mol. The minimum atomic E-state index is -0.631. The molecule has 0 aromatic heterocycles. The van der Waals surface area contributed by atoms with E-state index in [1.807, 2.05) is 36.4 Å². The van der Waals surface area contributed by atoms with Crippen molar-refractivity contribution in [1.82, 2.24) is 0 Å². The fourth-order valence-corrected chi connectivity index (χ4v) is 7.66. The predicted octanol–water partition coefficient (Wildman–Crippen LogP) is 8.77. The number of hydrogen-bond acceptors (Lipinski definition) is 6. The van der Waals surface area contributed by atoms with Gasteiger partial charge in [0, 0.05) is 0 Å². The van der Waals surface area contributed by atoms with Crippen molar-refractivity contribution >= 4 is 0 Å². The quantitative estimate of drug-likeness (QED) is 0.177. The first kappa shape index (κ1) is 35.1. The van der Waals surface area contributed by atoms with E-state index in [0.29, 0.717) is 45.6 Å². The number of fused-ring (bicyclic) bond motifs is 4. The van der Waals surface area contributed by atoms with Crippen molar-refractivity contribution in [2.75, 3.05) is 13.2 Å². The van der Waals surface area contributed by atoms with Gasteiger partial charge in [-0.2, -0.15) is 0 Å². The van der Waals surface area contributed by atoms with E-state index in [2.05, 4.69) is 72.8 Å². The van der Waals surface area contributed by atoms with Crippen molar-refractivity contribution in [2.24, 2.45) is 5.92 Å². The van der Waals surface area contributed by atoms with E-state index in [9.17, 15) is 0 Å². The maximum atomic E-state index is 7.04. The van der Waals surface area contributed by atoms with Crippen LogP contribution in [0.2, 0.25) is 0 Å². The molecule has 0 radical (unpaired) electrons. The number of aryl methyl sites for hydroxylation is 2. The Hall–Kier alpha value is -3.36. The van der Waals surface area contributed by atoms with E-state index in [0.717, 1.165) is 30.4 Å². The number of ether oxygens (including phenoxy) is 6. The molecule has 0 spiro atoms. The van der Waals surface area contributed by atoms with Crippen LogP contribution < -0.4 is 0 Å². The Balaban J connectivity index is 1.23. The van der Waals surface area contributed by atoms with Crippen LogP contribution >= 0.6 is 0 Å². The molecule has 5 atom stereocenters. The standard InChI is InChI=1S/C44H52O6/c1-4-15-33(16-5-1)27-46-41-40-32-45-30-38-23-12-10-21-36(38)25-14-26-37-22-11-13-24-39(37)31-48-42(41)43(47-28-34-17-6-2-7-18-34)44(50-40)49-29-35-19-8-3-9-20-35/h1-2,4-7,10-13,15-18,21-24,35,40-44H,3,8-9,14,19-20,25-32H2/t40-,41-,42+,43-,44?/m1/s1. The molecule has 2 aliphatic heterocycles. The van der Waals surface area contributed by atoms with Crippen LogP contribution in [0.15, 0.2) is 109 Å². The normalized spacial score (nSPS) is 25.1. The number of benzene rings is 4. The SMILES string of the molecule is c1ccc(CO[C@H]2[C@@H]3OCc4ccccc4CCCc4ccccc4COC[C@H]2OC(OCC2CCCCC2)[C@@H]3OCc2ccccc2)cc1. The largest absolute Gasteiger partial charge is 0.374 e. The van der Waals surface area contributed by atoms with Crippen LogP contribution in [0.25, 0.3) is 0 Å². The van der Waals surface area contributed by atoms with Gasteiger partial charge in [-0.3, -0.25) is 0 Å². The number of hydrogen-bond donors (Lipinski definition) is 0. The van der Waals surface area contributed by atoms with Crippen molar-refractivity contribution < 1.29 is 28.4 Å². The topological polar surface area (TPSA) is 55.4 Å². The minimum Gasteiger partial charge on any atom is -0.374 e. The van der Waals surface area contributed by atoms with E-state index in [-0.39, 0.29) is 0 Å². The van der Waals surface area contributed by atoms with Crippen LogP contribution in [0.4, 0.5) is 0 Å². The fourth-order valence-electron chi connectivity index (χ4n) is 7.66. The maximum absolute atomic E-state index is 7.04. The molecule has 2 bridgehead atoms. The summed E-state index contributed by atoms with van der Waals surface area (Å²) in [6, 6.07) is 37.9. The van der Waals surface area contributed by atoms with Crippen molar-refractivity contribution in [1.29, 1.82) is 0 Å². The monoisotopic (exact) mass is 676 g/mol. The Bertz CT molecular complexity index is 1570. The minimum absolute atomic E-state index is 0.346. The van der Waals surface area contributed by atoms with Gasteiger partial charge in [0.05, 0.1) is 39.6 Å². The molecule has 0 amide bonds. The smallest absolute Gasteiger partial charge is 0.186 e. The highest BCUT2D eigenvalue weighted by Gasteiger charge is 2.49. The van der Waals surface area contributed by atoms with E-state index in [1.165, 1.54) is 54.4 Å². The third kappa shape index (κ3) is 9.49. The van der Waals surface area contributed by atoms with Gasteiger partial charge in [-0.15, -0.1) is 0 Å². The molecule has 2 fully saturated rings. The van der Waals surface area contributed by atoms with Crippen molar-refractivity contribution in [3.63, 3.8) is 0 Å². The molecule has 6 heteroatoms. The summed E-state index contributed by atoms with van der Waals surface area (Å²) in [6.07, 6.45) is 6.71. The maximum Gasteiger partial charge on any atom is 0.186 e. The molecule has 6 nitrogen and oxygen atoms in total. The van der Waals surface area contributed by atoms with Gasteiger partial charge >= 0.3 is 0 Å². The van der Waals surface area contributed by atoms with Crippen LogP contribution in [-0.4, -0.2) is 43.9 Å². The van der Waals surface area contributed by atoms with Gasteiger partial charge in [-0.1, -0.05) is 128 Å². The summed E-state index contributed by atoms with van der Waals surface area (Å²) in [5.41, 5.74) is 7.24. The lowest BCUT2D eigenvalue weighted by Crippen LogP contribution is -2.62. The van der Waals surface area contributed by atoms with Crippen molar-refractivity contribution in [3.8, 4) is 0 Å². The second-order valence-electron chi connectivity index (χ2n) is 14.1. The lowest BCUT2D eigenvalue weighted by molar-refractivity contribution is -0.330. The zero-order chi connectivity index (χ0) is 33.8. The second kappa shape index (κ2) is 18.2. The van der Waals surface area contributed by atoms with Crippen molar-refractivity contribution in [3.05, 3.63) is 143 Å². The number of rotatable bonds is 9. The molecule has 2 heterocycles. The lowest BCUT2D eigenvalue weighted by atomic mass is 9.90. The van der Waals surface area contributed by atoms with E-state index in [4.69, 9.17) is 28.4 Å². The zero-order valence-corrected chi connectivity index (χ0v) is 29.2. The molecule has 4 aromatic carbocycles. The highest BCUT2D eigenvalue weighted by atomic mass is 16.7. The third-order valence-electron chi connectivity index (χ3n) is 10.5. The first-order valence-electron chi connectivity index (χ1n) is 18.7. The summed E-state index contributed by atoms with van der Waals surface area (Å²) in [4.78, 5) is 0. The Morgan fingerprint density at radius 1 is 0.540 bits per heavy atom. The molecule has 264 valence electrons. The summed E-state index contributed by atoms with van der Waals surface area (Å²) in [5, 5.41) is 0. The third-order valence-corrected chi connectivity index (χ3v) is 10.5. The molecule has 0 N–H and O–H groups in total. The summed E-state index contributed by atoms with van der Waals surface area (Å²) in [7, 11) is 0. The van der Waals surface area contributed by atoms with Gasteiger partial charge in [0.1, 0.15) is 24.4 Å². The molecule has 7 rings (SSSR count). The molecule has 1 unspecified atom stereocenters. The van der Waals surface area contributed by atoms with Gasteiger partial charge in [0.2, 0.25) is 0 Å². The van der Waals surface area contributed by atoms with Gasteiger partial charge in [0.15, 0.2) is 6.29 Å². The fraction of sp³-hybridized carbons (Fsp3) is 0.455. The van der Waals surface area contributed by atoms with Gasteiger partial charge in [-0.25, -0.2) is 0 Å². The van der Waals surface area contributed by atoms with Crippen LogP contribution in [-0.2, 0) is 67.7 Å². The summed E-state index contributed by atoms with van der Waals surface area (Å²) in [6.45, 7) is 2.77. The molecule has 1 aliphatic carbocycles. The Morgan fingerprint density at radius 3 is 1.74 bits per heavy atom. The highest BCUT2D eigenvalue weighted by molar-refractivity contribution is 5.29. The molecule has 50 heavy (non-hydrogen) atoms. The highest BCUT2D eigenvalue weighted by Crippen LogP contribution is 2.33. The van der Waals surface area contributed by atoms with Gasteiger partial charge in [-0.05, 0) is 71.4 Å². The van der Waals surface area contributed by atoms with E-state index >= 15 is 0 Å². The van der Waals surface area contributed by atoms with Crippen LogP contribution in [0.5, 0.6) is 0 Å². The van der Waals surface area contributed by atoms with Crippen molar-refractivity contribution in [2.45, 2.75) is 108 Å². The average Bonchev–Trinajstić information content (AvgIpc) is 3.17. The molecular formula is C44H52O6. The second-order valence-corrected chi connectivity index (χ2v) is 14.1. The van der Waals surface area contributed by atoms with Crippen LogP contribution in [0.3, 0.4) is 0 Å². The zero-order valence-electron chi connectivity index (χ0n) is 29.2.